The van der Waals surface area contributed by atoms with Crippen LogP contribution < -0.4 is 9.47 Å². The first-order valence-electron chi connectivity index (χ1n) is 10.0. The van der Waals surface area contributed by atoms with E-state index in [9.17, 15) is 14.4 Å². The van der Waals surface area contributed by atoms with Crippen LogP contribution in [-0.4, -0.2) is 73.4 Å². The molecule has 0 N–H and O–H groups in total. The van der Waals surface area contributed by atoms with Crippen LogP contribution in [0.4, 0.5) is 4.79 Å². The second kappa shape index (κ2) is 10.5. The molecule has 0 atom stereocenters. The van der Waals surface area contributed by atoms with E-state index in [0.717, 1.165) is 22.2 Å². The molecule has 2 aliphatic rings. The van der Waals surface area contributed by atoms with E-state index in [0.29, 0.717) is 56.4 Å². The number of allylic oxidation sites excluding steroid dienone is 1. The van der Waals surface area contributed by atoms with Gasteiger partial charge in [0.1, 0.15) is 6.54 Å². The zero-order valence-electron chi connectivity index (χ0n) is 17.7. The molecule has 0 spiro atoms. The van der Waals surface area contributed by atoms with Crippen molar-refractivity contribution >= 4 is 34.9 Å². The lowest BCUT2D eigenvalue weighted by Gasteiger charge is -2.28. The van der Waals surface area contributed by atoms with Gasteiger partial charge in [0.25, 0.3) is 11.1 Å². The Kier molecular flexibility index (Phi) is 7.75. The molecule has 166 valence electrons. The standard InChI is InChI=1S/C22H26N2O6S/c1-4-6-16-11-15(12-17(30-5-2)20(16)28-3)13-18-21(26)24(22(27)31-18)14-19(25)23-7-9-29-10-8-23/h4,11-13H,1,5-10,14H2,2-3H3/b18-13+. The normalized spacial score (nSPS) is 17.9. The summed E-state index contributed by atoms with van der Waals surface area (Å²) in [6.45, 7) is 7.67. The van der Waals surface area contributed by atoms with Crippen molar-refractivity contribution in [3.63, 3.8) is 0 Å². The minimum atomic E-state index is -0.476. The topological polar surface area (TPSA) is 85.4 Å². The first-order chi connectivity index (χ1) is 15.0. The van der Waals surface area contributed by atoms with Crippen LogP contribution in [0.1, 0.15) is 18.1 Å². The molecule has 2 aliphatic heterocycles. The lowest BCUT2D eigenvalue weighted by molar-refractivity contribution is -0.139. The number of hydrogen-bond donors (Lipinski definition) is 0. The molecular weight excluding hydrogens is 420 g/mol. The highest BCUT2D eigenvalue weighted by Gasteiger charge is 2.37. The number of rotatable bonds is 8. The van der Waals surface area contributed by atoms with Gasteiger partial charge in [0.05, 0.1) is 31.8 Å². The van der Waals surface area contributed by atoms with Crippen molar-refractivity contribution in [1.29, 1.82) is 0 Å². The SMILES string of the molecule is C=CCc1cc(/C=C2/SC(=O)N(CC(=O)N3CCOCC3)C2=O)cc(OCC)c1OC. The number of ether oxygens (including phenoxy) is 3. The highest BCUT2D eigenvalue weighted by Crippen LogP contribution is 2.37. The van der Waals surface area contributed by atoms with E-state index >= 15 is 0 Å². The zero-order chi connectivity index (χ0) is 22.4. The van der Waals surface area contributed by atoms with E-state index in [1.807, 2.05) is 13.0 Å². The highest BCUT2D eigenvalue weighted by atomic mass is 32.2. The highest BCUT2D eigenvalue weighted by molar-refractivity contribution is 8.18. The van der Waals surface area contributed by atoms with Crippen molar-refractivity contribution in [2.24, 2.45) is 0 Å². The third-order valence-corrected chi connectivity index (χ3v) is 5.76. The Morgan fingerprint density at radius 2 is 2.03 bits per heavy atom. The summed E-state index contributed by atoms with van der Waals surface area (Å²) in [5.41, 5.74) is 1.56. The fourth-order valence-corrected chi connectivity index (χ4v) is 4.24. The molecule has 0 saturated carbocycles. The molecular formula is C22H26N2O6S. The molecule has 2 fully saturated rings. The van der Waals surface area contributed by atoms with Crippen LogP contribution in [0, 0.1) is 0 Å². The Hall–Kier alpha value is -2.78. The van der Waals surface area contributed by atoms with Crippen molar-refractivity contribution < 1.29 is 28.6 Å². The molecule has 0 aromatic heterocycles. The van der Waals surface area contributed by atoms with E-state index in [1.165, 1.54) is 0 Å². The fraction of sp³-hybridized carbons (Fsp3) is 0.409. The smallest absolute Gasteiger partial charge is 0.294 e. The van der Waals surface area contributed by atoms with Gasteiger partial charge in [-0.3, -0.25) is 19.3 Å². The van der Waals surface area contributed by atoms with Gasteiger partial charge in [0.15, 0.2) is 11.5 Å². The van der Waals surface area contributed by atoms with Gasteiger partial charge in [0.2, 0.25) is 5.91 Å². The van der Waals surface area contributed by atoms with Crippen molar-refractivity contribution in [2.75, 3.05) is 46.6 Å². The van der Waals surface area contributed by atoms with Gasteiger partial charge in [-0.15, -0.1) is 6.58 Å². The summed E-state index contributed by atoms with van der Waals surface area (Å²) in [4.78, 5) is 40.6. The molecule has 1 aromatic carbocycles. The lowest BCUT2D eigenvalue weighted by atomic mass is 10.0. The van der Waals surface area contributed by atoms with Crippen molar-refractivity contribution in [3.05, 3.63) is 40.8 Å². The van der Waals surface area contributed by atoms with Crippen molar-refractivity contribution in [1.82, 2.24) is 9.80 Å². The number of carbonyl (C=O) groups excluding carboxylic acids is 3. The van der Waals surface area contributed by atoms with Gasteiger partial charge in [-0.05, 0) is 48.9 Å². The number of hydrogen-bond acceptors (Lipinski definition) is 7. The monoisotopic (exact) mass is 446 g/mol. The summed E-state index contributed by atoms with van der Waals surface area (Å²) in [5, 5.41) is -0.456. The molecule has 0 radical (unpaired) electrons. The van der Waals surface area contributed by atoms with Gasteiger partial charge in [-0.25, -0.2) is 0 Å². The molecule has 1 aromatic rings. The summed E-state index contributed by atoms with van der Waals surface area (Å²) in [7, 11) is 1.57. The average molecular weight is 447 g/mol. The van der Waals surface area contributed by atoms with E-state index in [4.69, 9.17) is 14.2 Å². The summed E-state index contributed by atoms with van der Waals surface area (Å²) in [5.74, 6) is 0.430. The number of thioether (sulfide) groups is 1. The largest absolute Gasteiger partial charge is 0.493 e. The Balaban J connectivity index is 1.83. The van der Waals surface area contributed by atoms with Crippen LogP contribution in [0.15, 0.2) is 29.7 Å². The summed E-state index contributed by atoms with van der Waals surface area (Å²) in [6, 6.07) is 3.64. The molecule has 8 nitrogen and oxygen atoms in total. The third-order valence-electron chi connectivity index (χ3n) is 4.85. The Morgan fingerprint density at radius 1 is 1.29 bits per heavy atom. The predicted octanol–water partition coefficient (Wildman–Crippen LogP) is 2.72. The first-order valence-corrected chi connectivity index (χ1v) is 10.9. The maximum atomic E-state index is 12.8. The number of amides is 3. The van der Waals surface area contributed by atoms with Gasteiger partial charge < -0.3 is 19.1 Å². The maximum absolute atomic E-state index is 12.8. The maximum Gasteiger partial charge on any atom is 0.294 e. The van der Waals surface area contributed by atoms with Gasteiger partial charge in [0, 0.05) is 18.7 Å². The van der Waals surface area contributed by atoms with Gasteiger partial charge in [-0.1, -0.05) is 6.08 Å². The molecule has 31 heavy (non-hydrogen) atoms. The van der Waals surface area contributed by atoms with E-state index < -0.39 is 11.1 Å². The van der Waals surface area contributed by atoms with Crippen LogP contribution >= 0.6 is 11.8 Å². The Labute approximate surface area is 185 Å². The molecule has 0 aliphatic carbocycles. The Morgan fingerprint density at radius 3 is 2.68 bits per heavy atom. The molecule has 0 bridgehead atoms. The molecule has 2 saturated heterocycles. The minimum absolute atomic E-state index is 0.261. The molecule has 0 unspecified atom stereocenters. The number of methoxy groups -OCH3 is 1. The third kappa shape index (κ3) is 5.29. The molecule has 3 amide bonds. The van der Waals surface area contributed by atoms with Crippen LogP contribution in [0.25, 0.3) is 6.08 Å². The Bertz CT molecular complexity index is 908. The number of benzene rings is 1. The summed E-state index contributed by atoms with van der Waals surface area (Å²) >= 11 is 0.825. The van der Waals surface area contributed by atoms with Gasteiger partial charge >= 0.3 is 0 Å². The van der Waals surface area contributed by atoms with Crippen molar-refractivity contribution in [3.8, 4) is 11.5 Å². The fourth-order valence-electron chi connectivity index (χ4n) is 3.40. The summed E-state index contributed by atoms with van der Waals surface area (Å²) in [6.07, 6.45) is 3.95. The lowest BCUT2D eigenvalue weighted by Crippen LogP contribution is -2.46. The van der Waals surface area contributed by atoms with Gasteiger partial charge in [-0.2, -0.15) is 0 Å². The van der Waals surface area contributed by atoms with E-state index in [-0.39, 0.29) is 17.4 Å². The van der Waals surface area contributed by atoms with Crippen LogP contribution in [0.5, 0.6) is 11.5 Å². The molecule has 3 rings (SSSR count). The van der Waals surface area contributed by atoms with E-state index in [1.54, 1.807) is 30.2 Å². The average Bonchev–Trinajstić information content (AvgIpc) is 3.02. The number of carbonyl (C=O) groups is 3. The van der Waals surface area contributed by atoms with Crippen LogP contribution in [-0.2, 0) is 20.7 Å². The zero-order valence-corrected chi connectivity index (χ0v) is 18.5. The quantitative estimate of drug-likeness (QED) is 0.448. The molecule has 9 heteroatoms. The minimum Gasteiger partial charge on any atom is -0.493 e. The van der Waals surface area contributed by atoms with Crippen LogP contribution in [0.2, 0.25) is 0 Å². The van der Waals surface area contributed by atoms with E-state index in [2.05, 4.69) is 6.58 Å². The van der Waals surface area contributed by atoms with Crippen LogP contribution in [0.3, 0.4) is 0 Å². The summed E-state index contributed by atoms with van der Waals surface area (Å²) < 4.78 is 16.4. The predicted molar refractivity (Wildman–Crippen MR) is 118 cm³/mol. The number of morpholine rings is 1. The molecule has 2 heterocycles. The first kappa shape index (κ1) is 22.9. The second-order valence-electron chi connectivity index (χ2n) is 6.90. The second-order valence-corrected chi connectivity index (χ2v) is 7.89. The van der Waals surface area contributed by atoms with Crippen molar-refractivity contribution in [2.45, 2.75) is 13.3 Å². The number of nitrogens with zero attached hydrogens (tertiary/aromatic N) is 2. The number of imide groups is 1.